The van der Waals surface area contributed by atoms with Gasteiger partial charge in [0.1, 0.15) is 0 Å². The number of amides is 2. The highest BCUT2D eigenvalue weighted by Crippen LogP contribution is 2.13. The van der Waals surface area contributed by atoms with Gasteiger partial charge in [-0.2, -0.15) is 0 Å². The number of hydrogen-bond acceptors (Lipinski definition) is 4. The minimum Gasteiger partial charge on any atom is -0.398 e. The summed E-state index contributed by atoms with van der Waals surface area (Å²) in [5.74, 6) is -0.579. The first-order chi connectivity index (χ1) is 10.0. The first-order valence-electron chi connectivity index (χ1n) is 7.13. The number of nitrogen functional groups attached to an aromatic ring is 1. The van der Waals surface area contributed by atoms with Crippen LogP contribution >= 0.6 is 0 Å². The first-order valence-corrected chi connectivity index (χ1v) is 7.13. The zero-order chi connectivity index (χ0) is 15.7. The lowest BCUT2D eigenvalue weighted by molar-refractivity contribution is -0.124. The van der Waals surface area contributed by atoms with Gasteiger partial charge < -0.3 is 16.8 Å². The molecule has 1 rings (SSSR count). The maximum absolute atomic E-state index is 11.8. The van der Waals surface area contributed by atoms with E-state index in [0.717, 1.165) is 18.4 Å². The monoisotopic (exact) mass is 292 g/mol. The molecule has 21 heavy (non-hydrogen) atoms. The Morgan fingerprint density at radius 2 is 1.95 bits per heavy atom. The molecule has 0 unspecified atom stereocenters. The van der Waals surface area contributed by atoms with Gasteiger partial charge in [-0.15, -0.1) is 0 Å². The summed E-state index contributed by atoms with van der Waals surface area (Å²) in [6.07, 6.45) is 1.96. The van der Waals surface area contributed by atoms with Crippen molar-refractivity contribution in [3.05, 3.63) is 29.8 Å². The van der Waals surface area contributed by atoms with Crippen LogP contribution in [-0.4, -0.2) is 36.3 Å². The SMILES string of the molecule is CCCCNC(=O)CN(CC(N)=O)Cc1ccccc1N. The van der Waals surface area contributed by atoms with E-state index in [-0.39, 0.29) is 19.0 Å². The van der Waals surface area contributed by atoms with Gasteiger partial charge in [0.25, 0.3) is 0 Å². The van der Waals surface area contributed by atoms with Crippen molar-refractivity contribution in [2.75, 3.05) is 25.4 Å². The summed E-state index contributed by atoms with van der Waals surface area (Å²) in [5.41, 5.74) is 12.6. The highest BCUT2D eigenvalue weighted by Gasteiger charge is 2.14. The molecule has 0 saturated heterocycles. The number of benzene rings is 1. The molecule has 0 heterocycles. The van der Waals surface area contributed by atoms with Crippen LogP contribution in [0.1, 0.15) is 25.3 Å². The van der Waals surface area contributed by atoms with Crippen molar-refractivity contribution in [3.63, 3.8) is 0 Å². The quantitative estimate of drug-likeness (QED) is 0.455. The van der Waals surface area contributed by atoms with Crippen molar-refractivity contribution in [3.8, 4) is 0 Å². The molecule has 0 bridgehead atoms. The third-order valence-electron chi connectivity index (χ3n) is 3.05. The van der Waals surface area contributed by atoms with E-state index in [1.54, 1.807) is 11.0 Å². The van der Waals surface area contributed by atoms with Crippen LogP contribution in [0, 0.1) is 0 Å². The van der Waals surface area contributed by atoms with Gasteiger partial charge in [0, 0.05) is 18.8 Å². The zero-order valence-corrected chi connectivity index (χ0v) is 12.5. The van der Waals surface area contributed by atoms with Gasteiger partial charge in [-0.1, -0.05) is 31.5 Å². The molecule has 2 amide bonds. The van der Waals surface area contributed by atoms with E-state index in [1.807, 2.05) is 18.2 Å². The normalized spacial score (nSPS) is 10.6. The number of nitrogens with one attached hydrogen (secondary N) is 1. The number of carbonyl (C=O) groups is 2. The minimum absolute atomic E-state index is 0.0233. The Bertz CT molecular complexity index is 476. The molecule has 0 aromatic heterocycles. The standard InChI is InChI=1S/C15H24N4O2/c1-2-3-8-18-15(21)11-19(10-14(17)20)9-12-6-4-5-7-13(12)16/h4-7H,2-3,8-11,16H2,1H3,(H2,17,20)(H,18,21). The number of primary amides is 1. The Morgan fingerprint density at radius 1 is 1.24 bits per heavy atom. The number of unbranched alkanes of at least 4 members (excludes halogenated alkanes) is 1. The lowest BCUT2D eigenvalue weighted by atomic mass is 10.1. The molecule has 0 saturated carbocycles. The molecule has 0 aliphatic heterocycles. The second-order valence-corrected chi connectivity index (χ2v) is 5.01. The number of hydrogen-bond donors (Lipinski definition) is 3. The topological polar surface area (TPSA) is 101 Å². The van der Waals surface area contributed by atoms with Crippen LogP contribution in [0.4, 0.5) is 5.69 Å². The molecule has 6 heteroatoms. The number of nitrogens with zero attached hydrogens (tertiary/aromatic N) is 1. The molecule has 0 fully saturated rings. The van der Waals surface area contributed by atoms with Gasteiger partial charge in [0.2, 0.25) is 11.8 Å². The maximum atomic E-state index is 11.8. The third-order valence-corrected chi connectivity index (χ3v) is 3.05. The molecule has 6 nitrogen and oxygen atoms in total. The van der Waals surface area contributed by atoms with Crippen LogP contribution in [0.5, 0.6) is 0 Å². The van der Waals surface area contributed by atoms with Gasteiger partial charge in [-0.3, -0.25) is 14.5 Å². The molecule has 0 aliphatic rings. The summed E-state index contributed by atoms with van der Waals surface area (Å²) in [6.45, 7) is 3.27. The highest BCUT2D eigenvalue weighted by molar-refractivity contribution is 5.80. The summed E-state index contributed by atoms with van der Waals surface area (Å²) in [5, 5.41) is 2.82. The van der Waals surface area contributed by atoms with Crippen LogP contribution in [-0.2, 0) is 16.1 Å². The fraction of sp³-hybridized carbons (Fsp3) is 0.467. The highest BCUT2D eigenvalue weighted by atomic mass is 16.2. The Kier molecular flexibility index (Phi) is 7.25. The minimum atomic E-state index is -0.467. The van der Waals surface area contributed by atoms with Gasteiger partial charge in [0.15, 0.2) is 0 Å². The predicted molar refractivity (Wildman–Crippen MR) is 83.2 cm³/mol. The second kappa shape index (κ2) is 8.97. The number of nitrogens with two attached hydrogens (primary N) is 2. The summed E-state index contributed by atoms with van der Waals surface area (Å²) >= 11 is 0. The van der Waals surface area contributed by atoms with Crippen molar-refractivity contribution in [1.29, 1.82) is 0 Å². The van der Waals surface area contributed by atoms with Crippen LogP contribution in [0.25, 0.3) is 0 Å². The molecule has 0 atom stereocenters. The van der Waals surface area contributed by atoms with E-state index in [4.69, 9.17) is 11.5 Å². The number of para-hydroxylation sites is 1. The van der Waals surface area contributed by atoms with E-state index in [0.29, 0.717) is 18.8 Å². The zero-order valence-electron chi connectivity index (χ0n) is 12.5. The number of carbonyl (C=O) groups excluding carboxylic acids is 2. The van der Waals surface area contributed by atoms with Gasteiger partial charge in [0.05, 0.1) is 13.1 Å². The van der Waals surface area contributed by atoms with E-state index in [1.165, 1.54) is 0 Å². The van der Waals surface area contributed by atoms with Crippen LogP contribution in [0.15, 0.2) is 24.3 Å². The van der Waals surface area contributed by atoms with Gasteiger partial charge in [-0.25, -0.2) is 0 Å². The maximum Gasteiger partial charge on any atom is 0.234 e. The summed E-state index contributed by atoms with van der Waals surface area (Å²) in [7, 11) is 0. The van der Waals surface area contributed by atoms with E-state index < -0.39 is 5.91 Å². The fourth-order valence-corrected chi connectivity index (χ4v) is 1.97. The molecular weight excluding hydrogens is 268 g/mol. The number of rotatable bonds is 9. The number of anilines is 1. The molecule has 0 aliphatic carbocycles. The predicted octanol–water partition coefficient (Wildman–Crippen LogP) is 0.472. The molecule has 116 valence electrons. The molecular formula is C15H24N4O2. The van der Waals surface area contributed by atoms with Crippen LogP contribution in [0.3, 0.4) is 0 Å². The first kappa shape index (κ1) is 17.0. The van der Waals surface area contributed by atoms with Crippen molar-refractivity contribution >= 4 is 17.5 Å². The van der Waals surface area contributed by atoms with E-state index in [2.05, 4.69) is 12.2 Å². The lowest BCUT2D eigenvalue weighted by Gasteiger charge is -2.21. The van der Waals surface area contributed by atoms with Crippen LogP contribution in [0.2, 0.25) is 0 Å². The van der Waals surface area contributed by atoms with E-state index >= 15 is 0 Å². The van der Waals surface area contributed by atoms with E-state index in [9.17, 15) is 9.59 Å². The molecule has 1 aromatic rings. The Hall–Kier alpha value is -2.08. The second-order valence-electron chi connectivity index (χ2n) is 5.01. The molecule has 5 N–H and O–H groups in total. The largest absolute Gasteiger partial charge is 0.398 e. The van der Waals surface area contributed by atoms with Crippen molar-refractivity contribution in [2.45, 2.75) is 26.3 Å². The Morgan fingerprint density at radius 3 is 2.57 bits per heavy atom. The average Bonchev–Trinajstić information content (AvgIpc) is 2.41. The van der Waals surface area contributed by atoms with Crippen LogP contribution < -0.4 is 16.8 Å². The molecule has 1 aromatic carbocycles. The fourth-order valence-electron chi connectivity index (χ4n) is 1.97. The van der Waals surface area contributed by atoms with Crippen molar-refractivity contribution in [1.82, 2.24) is 10.2 Å². The Balaban J connectivity index is 2.61. The molecule has 0 radical (unpaired) electrons. The van der Waals surface area contributed by atoms with Crippen molar-refractivity contribution in [2.24, 2.45) is 5.73 Å². The third kappa shape index (κ3) is 6.76. The summed E-state index contributed by atoms with van der Waals surface area (Å²) in [4.78, 5) is 24.7. The Labute approximate surface area is 125 Å². The average molecular weight is 292 g/mol. The molecule has 0 spiro atoms. The van der Waals surface area contributed by atoms with Crippen molar-refractivity contribution < 1.29 is 9.59 Å². The summed E-state index contributed by atoms with van der Waals surface area (Å²) < 4.78 is 0. The summed E-state index contributed by atoms with van der Waals surface area (Å²) in [6, 6.07) is 7.38. The smallest absolute Gasteiger partial charge is 0.234 e. The lowest BCUT2D eigenvalue weighted by Crippen LogP contribution is -2.41. The van der Waals surface area contributed by atoms with Gasteiger partial charge in [-0.05, 0) is 18.1 Å². The van der Waals surface area contributed by atoms with Gasteiger partial charge >= 0.3 is 0 Å².